The molecule has 1 N–H and O–H groups in total. The van der Waals surface area contributed by atoms with Crippen LogP contribution in [0.5, 0.6) is 5.75 Å². The lowest BCUT2D eigenvalue weighted by molar-refractivity contribution is -0.146. The minimum Gasteiger partial charge on any atom is -0.493 e. The van der Waals surface area contributed by atoms with Crippen molar-refractivity contribution in [2.75, 3.05) is 13.2 Å². The average molecular weight is 337 g/mol. The highest BCUT2D eigenvalue weighted by atomic mass is 32.2. The molecular weight excluding hydrogens is 318 g/mol. The molecule has 1 saturated heterocycles. The molecule has 2 aliphatic rings. The van der Waals surface area contributed by atoms with Gasteiger partial charge in [0, 0.05) is 18.5 Å². The summed E-state index contributed by atoms with van der Waals surface area (Å²) in [5.41, 5.74) is -0.688. The van der Waals surface area contributed by atoms with E-state index in [0.29, 0.717) is 24.2 Å². The Bertz CT molecular complexity index is 770. The van der Waals surface area contributed by atoms with E-state index in [4.69, 9.17) is 4.74 Å². The number of para-hydroxylation sites is 1. The van der Waals surface area contributed by atoms with Crippen molar-refractivity contribution in [2.45, 2.75) is 31.7 Å². The van der Waals surface area contributed by atoms with Crippen LogP contribution in [0.15, 0.2) is 29.2 Å². The summed E-state index contributed by atoms with van der Waals surface area (Å²) in [7, 11) is -3.85. The Morgan fingerprint density at radius 3 is 2.83 bits per heavy atom. The molecule has 0 saturated carbocycles. The smallest absolute Gasteiger partial charge is 0.324 e. The number of hydrogen-bond acceptors (Lipinski definition) is 4. The topological polar surface area (TPSA) is 83.9 Å². The molecule has 0 aliphatic carbocycles. The number of carbonyl (C=O) groups is 1. The normalized spacial score (nSPS) is 25.2. The lowest BCUT2D eigenvalue weighted by atomic mass is 10.0. The van der Waals surface area contributed by atoms with E-state index >= 15 is 0 Å². The molecule has 0 aromatic heterocycles. The van der Waals surface area contributed by atoms with Crippen molar-refractivity contribution < 1.29 is 23.1 Å². The predicted octanol–water partition coefficient (Wildman–Crippen LogP) is 2.08. The summed E-state index contributed by atoms with van der Waals surface area (Å²) in [6.07, 6.45) is 2.69. The highest BCUT2D eigenvalue weighted by molar-refractivity contribution is 7.93. The van der Waals surface area contributed by atoms with Crippen molar-refractivity contribution in [1.82, 2.24) is 4.31 Å². The van der Waals surface area contributed by atoms with Gasteiger partial charge in [0.2, 0.25) is 10.0 Å². The standard InChI is InChI=1S/C16H19NO5S/c1-16(15(18)19)8-4-9-17(16)23(20,21)13-7-10-22-14-6-3-2-5-12(14)11-13/h2-3,5-6,11H,4,7-10H2,1H3,(H,18,19)/t16-/m1/s1. The van der Waals surface area contributed by atoms with E-state index in [1.54, 1.807) is 18.2 Å². The number of sulfonamides is 1. The third-order valence-electron chi connectivity index (χ3n) is 4.50. The fraction of sp³-hybridized carbons (Fsp3) is 0.438. The highest BCUT2D eigenvalue weighted by Crippen LogP contribution is 2.37. The van der Waals surface area contributed by atoms with E-state index in [1.807, 2.05) is 12.1 Å². The third kappa shape index (κ3) is 2.64. The number of rotatable bonds is 3. The van der Waals surface area contributed by atoms with Gasteiger partial charge in [0.1, 0.15) is 11.3 Å². The molecular formula is C16H19NO5S. The van der Waals surface area contributed by atoms with E-state index in [1.165, 1.54) is 6.92 Å². The molecule has 3 rings (SSSR count). The molecule has 1 atom stereocenters. The first kappa shape index (κ1) is 16.0. The van der Waals surface area contributed by atoms with E-state index in [2.05, 4.69) is 0 Å². The number of nitrogens with zero attached hydrogens (tertiary/aromatic N) is 1. The Morgan fingerprint density at radius 1 is 1.35 bits per heavy atom. The number of ether oxygens (including phenoxy) is 1. The molecule has 124 valence electrons. The van der Waals surface area contributed by atoms with Crippen molar-refractivity contribution in [3.8, 4) is 5.75 Å². The van der Waals surface area contributed by atoms with Crippen molar-refractivity contribution in [2.24, 2.45) is 0 Å². The van der Waals surface area contributed by atoms with Gasteiger partial charge in [-0.15, -0.1) is 0 Å². The van der Waals surface area contributed by atoms with Gasteiger partial charge in [0.15, 0.2) is 0 Å². The molecule has 23 heavy (non-hydrogen) atoms. The molecule has 0 spiro atoms. The van der Waals surface area contributed by atoms with Crippen LogP contribution in [0.25, 0.3) is 6.08 Å². The van der Waals surface area contributed by atoms with E-state index in [0.717, 1.165) is 4.31 Å². The first-order chi connectivity index (χ1) is 10.9. The van der Waals surface area contributed by atoms with Crippen LogP contribution >= 0.6 is 0 Å². The van der Waals surface area contributed by atoms with Gasteiger partial charge in [0.05, 0.1) is 11.5 Å². The SMILES string of the molecule is C[C@]1(C(=O)O)CCCN1S(=O)(=O)C1=Cc2ccccc2OCC1. The Hall–Kier alpha value is -1.86. The molecule has 2 aliphatic heterocycles. The molecule has 1 fully saturated rings. The molecule has 1 aromatic carbocycles. The molecule has 0 amide bonds. The van der Waals surface area contributed by atoms with Crippen LogP contribution in [0.4, 0.5) is 0 Å². The lowest BCUT2D eigenvalue weighted by Crippen LogP contribution is -2.50. The summed E-state index contributed by atoms with van der Waals surface area (Å²) in [5.74, 6) is -0.468. The fourth-order valence-corrected chi connectivity index (χ4v) is 5.09. The summed E-state index contributed by atoms with van der Waals surface area (Å²) < 4.78 is 32.7. The zero-order valence-corrected chi connectivity index (χ0v) is 13.7. The van der Waals surface area contributed by atoms with E-state index in [9.17, 15) is 18.3 Å². The van der Waals surface area contributed by atoms with Crippen molar-refractivity contribution in [3.63, 3.8) is 0 Å². The van der Waals surface area contributed by atoms with Crippen LogP contribution in [0.3, 0.4) is 0 Å². The van der Waals surface area contributed by atoms with Crippen molar-refractivity contribution >= 4 is 22.1 Å². The number of benzene rings is 1. The second-order valence-electron chi connectivity index (χ2n) is 6.01. The van der Waals surface area contributed by atoms with Crippen molar-refractivity contribution in [1.29, 1.82) is 0 Å². The summed E-state index contributed by atoms with van der Waals surface area (Å²) in [5, 5.41) is 9.47. The van der Waals surface area contributed by atoms with Gasteiger partial charge >= 0.3 is 5.97 Å². The average Bonchev–Trinajstić information content (AvgIpc) is 2.79. The highest BCUT2D eigenvalue weighted by Gasteiger charge is 2.50. The summed E-state index contributed by atoms with van der Waals surface area (Å²) in [6, 6.07) is 7.22. The summed E-state index contributed by atoms with van der Waals surface area (Å²) in [6.45, 7) is 1.95. The molecule has 6 nitrogen and oxygen atoms in total. The first-order valence-corrected chi connectivity index (χ1v) is 8.98. The zero-order valence-electron chi connectivity index (χ0n) is 12.9. The third-order valence-corrected chi connectivity index (χ3v) is 6.65. The van der Waals surface area contributed by atoms with E-state index in [-0.39, 0.29) is 24.5 Å². The van der Waals surface area contributed by atoms with Gasteiger partial charge in [-0.2, -0.15) is 4.31 Å². The van der Waals surface area contributed by atoms with Crippen molar-refractivity contribution in [3.05, 3.63) is 34.7 Å². The number of carboxylic acid groups (broad SMARTS) is 1. The Labute approximate surface area is 135 Å². The van der Waals surface area contributed by atoms with Crippen LogP contribution < -0.4 is 4.74 Å². The maximum absolute atomic E-state index is 13.0. The largest absolute Gasteiger partial charge is 0.493 e. The van der Waals surface area contributed by atoms with Gasteiger partial charge in [-0.05, 0) is 31.9 Å². The van der Waals surface area contributed by atoms with Crippen LogP contribution in [0, 0.1) is 0 Å². The van der Waals surface area contributed by atoms with Gasteiger partial charge < -0.3 is 9.84 Å². The first-order valence-electron chi connectivity index (χ1n) is 7.54. The maximum Gasteiger partial charge on any atom is 0.324 e. The Balaban J connectivity index is 2.03. The molecule has 2 heterocycles. The second-order valence-corrected chi connectivity index (χ2v) is 7.92. The van der Waals surface area contributed by atoms with Gasteiger partial charge in [-0.3, -0.25) is 4.79 Å². The second kappa shape index (κ2) is 5.65. The van der Waals surface area contributed by atoms with Gasteiger partial charge in [-0.1, -0.05) is 18.2 Å². The Morgan fingerprint density at radius 2 is 2.09 bits per heavy atom. The van der Waals surface area contributed by atoms with Gasteiger partial charge in [-0.25, -0.2) is 8.42 Å². The van der Waals surface area contributed by atoms with E-state index < -0.39 is 21.5 Å². The molecule has 1 aromatic rings. The summed E-state index contributed by atoms with van der Waals surface area (Å²) in [4.78, 5) is 11.8. The lowest BCUT2D eigenvalue weighted by Gasteiger charge is -2.30. The molecule has 0 bridgehead atoms. The van der Waals surface area contributed by atoms with Crippen LogP contribution in [0.2, 0.25) is 0 Å². The van der Waals surface area contributed by atoms with Crippen LogP contribution in [-0.4, -0.2) is 42.5 Å². The number of aliphatic carboxylic acids is 1. The maximum atomic E-state index is 13.0. The quantitative estimate of drug-likeness (QED) is 0.913. The summed E-state index contributed by atoms with van der Waals surface area (Å²) >= 11 is 0. The predicted molar refractivity (Wildman–Crippen MR) is 85.4 cm³/mol. The fourth-order valence-electron chi connectivity index (χ4n) is 3.12. The van der Waals surface area contributed by atoms with Crippen LogP contribution in [-0.2, 0) is 14.8 Å². The minimum atomic E-state index is -3.85. The minimum absolute atomic E-state index is 0.205. The zero-order chi connectivity index (χ0) is 16.7. The monoisotopic (exact) mass is 337 g/mol. The Kier molecular flexibility index (Phi) is 3.93. The molecule has 0 radical (unpaired) electrons. The molecule has 7 heteroatoms. The molecule has 0 unspecified atom stereocenters. The van der Waals surface area contributed by atoms with Gasteiger partial charge in [0.25, 0.3) is 0 Å². The number of fused-ring (bicyclic) bond motifs is 1. The van der Waals surface area contributed by atoms with Crippen LogP contribution in [0.1, 0.15) is 31.7 Å². The number of hydrogen-bond donors (Lipinski definition) is 1. The number of carboxylic acids is 1.